The summed E-state index contributed by atoms with van der Waals surface area (Å²) < 4.78 is 22.1. The maximum atomic E-state index is 12.1. The van der Waals surface area contributed by atoms with E-state index in [1.165, 1.54) is 6.26 Å². The quantitative estimate of drug-likeness (QED) is 0.717. The molecule has 18 heavy (non-hydrogen) atoms. The molecule has 3 N–H and O–H groups in total. The predicted octanol–water partition coefficient (Wildman–Crippen LogP) is 0.691. The molecule has 0 aromatic carbocycles. The predicted molar refractivity (Wildman–Crippen MR) is 74.0 cm³/mol. The molecule has 0 aliphatic heterocycles. The van der Waals surface area contributed by atoms with E-state index in [1.807, 2.05) is 13.8 Å². The minimum absolute atomic E-state index is 0.104. The first kappa shape index (κ1) is 17.4. The van der Waals surface area contributed by atoms with Crippen molar-refractivity contribution < 1.29 is 13.2 Å². The number of hydrogen-bond donors (Lipinski definition) is 2. The fraction of sp³-hybridized carbons (Fsp3) is 0.917. The lowest BCUT2D eigenvalue weighted by Crippen LogP contribution is -2.50. The van der Waals surface area contributed by atoms with Gasteiger partial charge in [0.25, 0.3) is 0 Å². The third-order valence-electron chi connectivity index (χ3n) is 3.90. The zero-order valence-corrected chi connectivity index (χ0v) is 12.9. The summed E-state index contributed by atoms with van der Waals surface area (Å²) >= 11 is 0. The van der Waals surface area contributed by atoms with Gasteiger partial charge in [-0.15, -0.1) is 0 Å². The van der Waals surface area contributed by atoms with Crippen LogP contribution in [0.3, 0.4) is 0 Å². The number of carbonyl (C=O) groups is 1. The van der Waals surface area contributed by atoms with Crippen LogP contribution in [0, 0.1) is 5.41 Å². The standard InChI is InChI=1S/C12H26N2O3S/c1-6-12(7-2,8-13)10(15)14-9-11(3,4)18(5,16)17/h6-9,13H2,1-5H3,(H,14,15). The maximum absolute atomic E-state index is 12.1. The Morgan fingerprint density at radius 2 is 1.67 bits per heavy atom. The molecule has 0 aromatic rings. The molecule has 0 heterocycles. The molecule has 0 aliphatic rings. The van der Waals surface area contributed by atoms with E-state index in [0.29, 0.717) is 12.8 Å². The first-order valence-electron chi connectivity index (χ1n) is 6.24. The minimum atomic E-state index is -3.21. The van der Waals surface area contributed by atoms with Crippen LogP contribution >= 0.6 is 0 Å². The lowest BCUT2D eigenvalue weighted by molar-refractivity contribution is -0.131. The van der Waals surface area contributed by atoms with Crippen LogP contribution < -0.4 is 11.1 Å². The summed E-state index contributed by atoms with van der Waals surface area (Å²) in [6.45, 7) is 7.40. The van der Waals surface area contributed by atoms with Crippen molar-refractivity contribution >= 4 is 15.7 Å². The van der Waals surface area contributed by atoms with Gasteiger partial charge in [-0.1, -0.05) is 13.8 Å². The first-order chi connectivity index (χ1) is 8.06. The van der Waals surface area contributed by atoms with Crippen molar-refractivity contribution in [1.82, 2.24) is 5.32 Å². The molecule has 0 aromatic heterocycles. The lowest BCUT2D eigenvalue weighted by Gasteiger charge is -2.31. The lowest BCUT2D eigenvalue weighted by atomic mass is 9.81. The Balaban J connectivity index is 4.80. The fourth-order valence-corrected chi connectivity index (χ4v) is 1.90. The summed E-state index contributed by atoms with van der Waals surface area (Å²) in [5.74, 6) is -0.160. The van der Waals surface area contributed by atoms with Crippen LogP contribution in [0.15, 0.2) is 0 Å². The van der Waals surface area contributed by atoms with Crippen molar-refractivity contribution in [3.8, 4) is 0 Å². The minimum Gasteiger partial charge on any atom is -0.354 e. The first-order valence-corrected chi connectivity index (χ1v) is 8.13. The van der Waals surface area contributed by atoms with Crippen LogP contribution in [0.5, 0.6) is 0 Å². The maximum Gasteiger partial charge on any atom is 0.227 e. The molecular weight excluding hydrogens is 252 g/mol. The van der Waals surface area contributed by atoms with Crippen molar-refractivity contribution in [3.05, 3.63) is 0 Å². The van der Waals surface area contributed by atoms with Crippen LogP contribution in [0.2, 0.25) is 0 Å². The van der Waals surface area contributed by atoms with E-state index in [4.69, 9.17) is 5.73 Å². The number of sulfone groups is 1. The molecule has 0 aliphatic carbocycles. The molecule has 0 fully saturated rings. The normalized spacial score (nSPS) is 13.4. The number of hydrogen-bond acceptors (Lipinski definition) is 4. The average molecular weight is 278 g/mol. The Morgan fingerprint density at radius 3 is 1.94 bits per heavy atom. The van der Waals surface area contributed by atoms with Gasteiger partial charge in [0.2, 0.25) is 5.91 Å². The SMILES string of the molecule is CCC(CC)(CN)C(=O)NCC(C)(C)S(C)(=O)=O. The molecule has 5 nitrogen and oxygen atoms in total. The number of amides is 1. The van der Waals surface area contributed by atoms with Crippen LogP contribution in [-0.4, -0.2) is 38.4 Å². The van der Waals surface area contributed by atoms with Gasteiger partial charge in [-0.25, -0.2) is 8.42 Å². The number of rotatable bonds is 7. The molecule has 0 spiro atoms. The van der Waals surface area contributed by atoms with Gasteiger partial charge in [-0.2, -0.15) is 0 Å². The Labute approximate surface area is 110 Å². The second kappa shape index (κ2) is 6.02. The van der Waals surface area contributed by atoms with Crippen molar-refractivity contribution in [2.75, 3.05) is 19.3 Å². The number of carbonyl (C=O) groups excluding carboxylic acids is 1. The van der Waals surface area contributed by atoms with Gasteiger partial charge in [0, 0.05) is 19.3 Å². The van der Waals surface area contributed by atoms with Crippen molar-refractivity contribution in [3.63, 3.8) is 0 Å². The highest BCUT2D eigenvalue weighted by Gasteiger charge is 2.36. The van der Waals surface area contributed by atoms with Crippen molar-refractivity contribution in [1.29, 1.82) is 0 Å². The summed E-state index contributed by atoms with van der Waals surface area (Å²) in [5, 5.41) is 2.73. The monoisotopic (exact) mass is 278 g/mol. The van der Waals surface area contributed by atoms with E-state index in [2.05, 4.69) is 5.32 Å². The van der Waals surface area contributed by atoms with Crippen LogP contribution in [0.1, 0.15) is 40.5 Å². The van der Waals surface area contributed by atoms with E-state index in [9.17, 15) is 13.2 Å². The van der Waals surface area contributed by atoms with E-state index >= 15 is 0 Å². The van der Waals surface area contributed by atoms with Gasteiger partial charge in [-0.05, 0) is 26.7 Å². The summed E-state index contributed by atoms with van der Waals surface area (Å²) in [6, 6.07) is 0. The van der Waals surface area contributed by atoms with Crippen LogP contribution in [0.4, 0.5) is 0 Å². The molecule has 6 heteroatoms. The second-order valence-corrected chi connectivity index (χ2v) is 8.06. The molecule has 0 rings (SSSR count). The third-order valence-corrected chi connectivity index (χ3v) is 6.06. The molecular formula is C12H26N2O3S. The van der Waals surface area contributed by atoms with E-state index < -0.39 is 20.0 Å². The molecule has 0 saturated heterocycles. The van der Waals surface area contributed by atoms with Crippen LogP contribution in [-0.2, 0) is 14.6 Å². The number of nitrogens with two attached hydrogens (primary N) is 1. The van der Waals surface area contributed by atoms with Crippen molar-refractivity contribution in [2.24, 2.45) is 11.1 Å². The Kier molecular flexibility index (Phi) is 5.81. The summed E-state index contributed by atoms with van der Waals surface area (Å²) in [5.41, 5.74) is 5.09. The fourth-order valence-electron chi connectivity index (χ4n) is 1.56. The van der Waals surface area contributed by atoms with Crippen molar-refractivity contribution in [2.45, 2.75) is 45.3 Å². The second-order valence-electron chi connectivity index (χ2n) is 5.41. The topological polar surface area (TPSA) is 89.3 Å². The molecule has 0 atom stereocenters. The molecule has 0 unspecified atom stereocenters. The van der Waals surface area contributed by atoms with Gasteiger partial charge in [0.05, 0.1) is 10.2 Å². The highest BCUT2D eigenvalue weighted by molar-refractivity contribution is 7.92. The van der Waals surface area contributed by atoms with Gasteiger partial charge in [-0.3, -0.25) is 4.79 Å². The Hall–Kier alpha value is -0.620. The molecule has 108 valence electrons. The van der Waals surface area contributed by atoms with Gasteiger partial charge in [0.15, 0.2) is 9.84 Å². The highest BCUT2D eigenvalue weighted by Crippen LogP contribution is 2.25. The van der Waals surface area contributed by atoms with Crippen LogP contribution in [0.25, 0.3) is 0 Å². The van der Waals surface area contributed by atoms with Gasteiger partial charge >= 0.3 is 0 Å². The molecule has 0 radical (unpaired) electrons. The van der Waals surface area contributed by atoms with E-state index in [1.54, 1.807) is 13.8 Å². The summed E-state index contributed by atoms with van der Waals surface area (Å²) in [6.07, 6.45) is 2.46. The summed E-state index contributed by atoms with van der Waals surface area (Å²) in [7, 11) is -3.21. The van der Waals surface area contributed by atoms with Gasteiger partial charge in [0.1, 0.15) is 0 Å². The molecule has 0 bridgehead atoms. The Bertz CT molecular complexity index is 376. The largest absolute Gasteiger partial charge is 0.354 e. The number of nitrogens with one attached hydrogen (secondary N) is 1. The highest BCUT2D eigenvalue weighted by atomic mass is 32.2. The average Bonchev–Trinajstić information content (AvgIpc) is 2.28. The molecule has 1 amide bonds. The Morgan fingerprint density at radius 1 is 1.22 bits per heavy atom. The van der Waals surface area contributed by atoms with E-state index in [0.717, 1.165) is 0 Å². The summed E-state index contributed by atoms with van der Waals surface area (Å²) in [4.78, 5) is 12.1. The van der Waals surface area contributed by atoms with Gasteiger partial charge < -0.3 is 11.1 Å². The zero-order chi connectivity index (χ0) is 14.6. The van der Waals surface area contributed by atoms with E-state index in [-0.39, 0.29) is 19.0 Å². The smallest absolute Gasteiger partial charge is 0.227 e. The molecule has 0 saturated carbocycles. The zero-order valence-electron chi connectivity index (χ0n) is 12.0. The third kappa shape index (κ3) is 3.68.